The molecule has 5 heteroatoms. The van der Waals surface area contributed by atoms with E-state index >= 15 is 0 Å². The minimum atomic E-state index is 0.352. The minimum Gasteiger partial charge on any atom is -0.459 e. The van der Waals surface area contributed by atoms with Crippen molar-refractivity contribution in [1.82, 2.24) is 9.97 Å². The molecule has 82 valence electrons. The van der Waals surface area contributed by atoms with Crippen molar-refractivity contribution in [3.05, 3.63) is 51.2 Å². The van der Waals surface area contributed by atoms with E-state index in [0.717, 1.165) is 5.56 Å². The quantitative estimate of drug-likeness (QED) is 0.799. The average Bonchev–Trinajstić information content (AvgIpc) is 2.27. The average molecular weight is 344 g/mol. The van der Waals surface area contributed by atoms with Crippen LogP contribution in [-0.2, 0) is 6.61 Å². The Morgan fingerprint density at radius 3 is 2.25 bits per heavy atom. The van der Waals surface area contributed by atoms with E-state index in [1.165, 1.54) is 0 Å². The Morgan fingerprint density at radius 1 is 1.00 bits per heavy atom. The fraction of sp³-hybridized carbons (Fsp3) is 0.0909. The molecule has 3 nitrogen and oxygen atoms in total. The van der Waals surface area contributed by atoms with Gasteiger partial charge >= 0.3 is 6.01 Å². The number of hydrogen-bond acceptors (Lipinski definition) is 3. The fourth-order valence-electron chi connectivity index (χ4n) is 1.16. The lowest BCUT2D eigenvalue weighted by molar-refractivity contribution is 0.279. The Labute approximate surface area is 110 Å². The molecule has 0 amide bonds. The second kappa shape index (κ2) is 5.41. The van der Waals surface area contributed by atoms with Gasteiger partial charge < -0.3 is 4.74 Å². The summed E-state index contributed by atoms with van der Waals surface area (Å²) in [5.41, 5.74) is 1.09. The first-order valence-corrected chi connectivity index (χ1v) is 6.19. The summed E-state index contributed by atoms with van der Waals surface area (Å²) in [5.74, 6) is 0. The SMILES string of the molecule is Brc1cc(Br)nc(OCc2ccccc2)n1. The highest BCUT2D eigenvalue weighted by Crippen LogP contribution is 2.17. The zero-order chi connectivity index (χ0) is 11.4. The van der Waals surface area contributed by atoms with Crippen molar-refractivity contribution in [1.29, 1.82) is 0 Å². The van der Waals surface area contributed by atoms with Crippen LogP contribution in [0.25, 0.3) is 0 Å². The highest BCUT2D eigenvalue weighted by atomic mass is 79.9. The van der Waals surface area contributed by atoms with E-state index in [0.29, 0.717) is 21.8 Å². The normalized spacial score (nSPS) is 10.1. The topological polar surface area (TPSA) is 35.0 Å². The van der Waals surface area contributed by atoms with E-state index in [9.17, 15) is 0 Å². The predicted molar refractivity (Wildman–Crippen MR) is 68.2 cm³/mol. The molecule has 0 bridgehead atoms. The van der Waals surface area contributed by atoms with E-state index < -0.39 is 0 Å². The number of benzene rings is 1. The van der Waals surface area contributed by atoms with Gasteiger partial charge in [-0.25, -0.2) is 0 Å². The van der Waals surface area contributed by atoms with Gasteiger partial charge in [0.2, 0.25) is 0 Å². The van der Waals surface area contributed by atoms with Gasteiger partial charge in [0.15, 0.2) is 0 Å². The van der Waals surface area contributed by atoms with Crippen LogP contribution >= 0.6 is 31.9 Å². The molecule has 0 N–H and O–H groups in total. The second-order valence-corrected chi connectivity index (χ2v) is 4.70. The van der Waals surface area contributed by atoms with Crippen molar-refractivity contribution in [2.75, 3.05) is 0 Å². The molecular weight excluding hydrogens is 336 g/mol. The molecule has 0 spiro atoms. The zero-order valence-corrected chi connectivity index (χ0v) is 11.4. The van der Waals surface area contributed by atoms with Gasteiger partial charge in [-0.2, -0.15) is 9.97 Å². The summed E-state index contributed by atoms with van der Waals surface area (Å²) in [4.78, 5) is 8.20. The molecule has 0 radical (unpaired) electrons. The van der Waals surface area contributed by atoms with E-state index in [2.05, 4.69) is 41.8 Å². The van der Waals surface area contributed by atoms with Gasteiger partial charge in [0, 0.05) is 6.07 Å². The first kappa shape index (κ1) is 11.5. The summed E-state index contributed by atoms with van der Waals surface area (Å²) in [6.45, 7) is 0.462. The van der Waals surface area contributed by atoms with Crippen LogP contribution in [0.3, 0.4) is 0 Å². The third kappa shape index (κ3) is 3.28. The molecule has 0 saturated heterocycles. The van der Waals surface area contributed by atoms with Gasteiger partial charge in [-0.1, -0.05) is 30.3 Å². The van der Waals surface area contributed by atoms with Crippen molar-refractivity contribution >= 4 is 31.9 Å². The Morgan fingerprint density at radius 2 is 1.62 bits per heavy atom. The molecular formula is C11H8Br2N2O. The largest absolute Gasteiger partial charge is 0.459 e. The van der Waals surface area contributed by atoms with Crippen LogP contribution in [0.2, 0.25) is 0 Å². The van der Waals surface area contributed by atoms with Crippen LogP contribution in [-0.4, -0.2) is 9.97 Å². The lowest BCUT2D eigenvalue weighted by Gasteiger charge is -2.04. The number of ether oxygens (including phenoxy) is 1. The number of halogens is 2. The molecule has 16 heavy (non-hydrogen) atoms. The summed E-state index contributed by atoms with van der Waals surface area (Å²) < 4.78 is 6.86. The number of hydrogen-bond donors (Lipinski definition) is 0. The third-order valence-corrected chi connectivity index (χ3v) is 2.67. The summed E-state index contributed by atoms with van der Waals surface area (Å²) >= 11 is 6.56. The third-order valence-electron chi connectivity index (χ3n) is 1.85. The zero-order valence-electron chi connectivity index (χ0n) is 8.23. The molecule has 1 aromatic heterocycles. The minimum absolute atomic E-state index is 0.352. The van der Waals surface area contributed by atoms with Gasteiger partial charge in [-0.3, -0.25) is 0 Å². The highest BCUT2D eigenvalue weighted by molar-refractivity contribution is 9.11. The Kier molecular flexibility index (Phi) is 3.90. The van der Waals surface area contributed by atoms with Gasteiger partial charge in [-0.15, -0.1) is 0 Å². The number of aromatic nitrogens is 2. The molecule has 0 unspecified atom stereocenters. The van der Waals surface area contributed by atoms with Crippen LogP contribution in [0.5, 0.6) is 6.01 Å². The van der Waals surface area contributed by atoms with Crippen LogP contribution in [0, 0.1) is 0 Å². The first-order chi connectivity index (χ1) is 7.74. The van der Waals surface area contributed by atoms with Crippen LogP contribution < -0.4 is 4.74 Å². The van der Waals surface area contributed by atoms with Crippen LogP contribution in [0.1, 0.15) is 5.56 Å². The van der Waals surface area contributed by atoms with Gasteiger partial charge in [-0.05, 0) is 37.4 Å². The van der Waals surface area contributed by atoms with E-state index in [-0.39, 0.29) is 0 Å². The molecule has 1 aromatic carbocycles. The van der Waals surface area contributed by atoms with Crippen molar-refractivity contribution in [3.8, 4) is 6.01 Å². The Balaban J connectivity index is 2.05. The van der Waals surface area contributed by atoms with Crippen molar-refractivity contribution in [2.24, 2.45) is 0 Å². The molecule has 2 rings (SSSR count). The summed E-state index contributed by atoms with van der Waals surface area (Å²) in [6.07, 6.45) is 0. The van der Waals surface area contributed by atoms with Crippen molar-refractivity contribution in [3.63, 3.8) is 0 Å². The van der Waals surface area contributed by atoms with E-state index in [1.807, 2.05) is 30.3 Å². The highest BCUT2D eigenvalue weighted by Gasteiger charge is 2.02. The summed E-state index contributed by atoms with van der Waals surface area (Å²) in [6, 6.07) is 12.0. The Hall–Kier alpha value is -0.940. The van der Waals surface area contributed by atoms with Gasteiger partial charge in [0.05, 0.1) is 0 Å². The fourth-order valence-corrected chi connectivity index (χ4v) is 2.20. The second-order valence-electron chi connectivity index (χ2n) is 3.07. The molecule has 1 heterocycles. The van der Waals surface area contributed by atoms with Gasteiger partial charge in [0.1, 0.15) is 15.8 Å². The standard InChI is InChI=1S/C11H8Br2N2O/c12-9-6-10(13)15-11(14-9)16-7-8-4-2-1-3-5-8/h1-6H,7H2. The molecule has 0 aliphatic rings. The molecule has 0 fully saturated rings. The molecule has 0 atom stereocenters. The molecule has 2 aromatic rings. The van der Waals surface area contributed by atoms with E-state index in [1.54, 1.807) is 6.07 Å². The van der Waals surface area contributed by atoms with Crippen LogP contribution in [0.4, 0.5) is 0 Å². The summed E-state index contributed by atoms with van der Waals surface area (Å²) in [7, 11) is 0. The number of rotatable bonds is 3. The van der Waals surface area contributed by atoms with Crippen molar-refractivity contribution < 1.29 is 4.74 Å². The Bertz CT molecular complexity index is 456. The number of nitrogens with zero attached hydrogens (tertiary/aromatic N) is 2. The monoisotopic (exact) mass is 342 g/mol. The lowest BCUT2D eigenvalue weighted by atomic mass is 10.2. The first-order valence-electron chi connectivity index (χ1n) is 4.61. The summed E-state index contributed by atoms with van der Waals surface area (Å²) in [5, 5.41) is 0. The van der Waals surface area contributed by atoms with Crippen molar-refractivity contribution in [2.45, 2.75) is 6.61 Å². The maximum Gasteiger partial charge on any atom is 0.318 e. The van der Waals surface area contributed by atoms with E-state index in [4.69, 9.17) is 4.74 Å². The molecule has 0 aliphatic carbocycles. The maximum atomic E-state index is 5.47. The van der Waals surface area contributed by atoms with Gasteiger partial charge in [0.25, 0.3) is 0 Å². The lowest BCUT2D eigenvalue weighted by Crippen LogP contribution is -1.99. The predicted octanol–water partition coefficient (Wildman–Crippen LogP) is 3.58. The molecule has 0 saturated carbocycles. The van der Waals surface area contributed by atoms with Crippen LogP contribution in [0.15, 0.2) is 45.6 Å². The smallest absolute Gasteiger partial charge is 0.318 e. The maximum absolute atomic E-state index is 5.47. The molecule has 0 aliphatic heterocycles.